The van der Waals surface area contributed by atoms with Crippen LogP contribution in [0.1, 0.15) is 35.5 Å². The van der Waals surface area contributed by atoms with Crippen molar-refractivity contribution in [1.82, 2.24) is 4.98 Å². The number of aromatic nitrogens is 1. The van der Waals surface area contributed by atoms with Crippen molar-refractivity contribution >= 4 is 29.4 Å². The highest BCUT2D eigenvalue weighted by atomic mass is 16.5. The molecule has 1 heterocycles. The van der Waals surface area contributed by atoms with Gasteiger partial charge in [-0.05, 0) is 43.2 Å². The quantitative estimate of drug-likeness (QED) is 0.683. The average Bonchev–Trinajstić information content (AvgIpc) is 2.73. The third kappa shape index (κ3) is 5.54. The van der Waals surface area contributed by atoms with Gasteiger partial charge in [-0.2, -0.15) is 5.26 Å². The van der Waals surface area contributed by atoms with Gasteiger partial charge < -0.3 is 15.2 Å². The summed E-state index contributed by atoms with van der Waals surface area (Å²) in [5, 5.41) is 9.20. The van der Waals surface area contributed by atoms with Gasteiger partial charge in [0.15, 0.2) is 12.3 Å². The molecule has 0 radical (unpaired) electrons. The Balaban J connectivity index is 2.31. The van der Waals surface area contributed by atoms with Gasteiger partial charge in [0.2, 0.25) is 0 Å². The van der Waals surface area contributed by atoms with Gasteiger partial charge in [0, 0.05) is 13.0 Å². The van der Waals surface area contributed by atoms with E-state index in [1.807, 2.05) is 6.07 Å². The molecule has 0 saturated carbocycles. The number of pyridine rings is 1. The molecular formula is C21H22N4O5. The number of carbonyl (C=O) groups is 3. The van der Waals surface area contributed by atoms with E-state index in [0.717, 1.165) is 5.56 Å². The summed E-state index contributed by atoms with van der Waals surface area (Å²) in [4.78, 5) is 41.0. The Labute approximate surface area is 174 Å². The maximum atomic E-state index is 12.8. The van der Waals surface area contributed by atoms with Crippen LogP contribution in [-0.2, 0) is 25.5 Å². The van der Waals surface area contributed by atoms with Gasteiger partial charge in [-0.3, -0.25) is 14.5 Å². The third-order valence-corrected chi connectivity index (χ3v) is 4.28. The van der Waals surface area contributed by atoms with Crippen molar-refractivity contribution in [3.05, 3.63) is 53.2 Å². The number of methoxy groups -OCH3 is 1. The van der Waals surface area contributed by atoms with Crippen molar-refractivity contribution in [2.45, 2.75) is 26.3 Å². The number of esters is 2. The molecule has 0 aliphatic heterocycles. The van der Waals surface area contributed by atoms with Crippen LogP contribution in [0.5, 0.6) is 0 Å². The van der Waals surface area contributed by atoms with Crippen molar-refractivity contribution in [3.63, 3.8) is 0 Å². The summed E-state index contributed by atoms with van der Waals surface area (Å²) in [6.07, 6.45) is 0.418. The van der Waals surface area contributed by atoms with Crippen molar-refractivity contribution in [2.75, 3.05) is 24.4 Å². The Morgan fingerprint density at radius 3 is 2.43 bits per heavy atom. The molecule has 1 amide bonds. The zero-order valence-electron chi connectivity index (χ0n) is 16.9. The second-order valence-electron chi connectivity index (χ2n) is 6.50. The van der Waals surface area contributed by atoms with E-state index in [0.29, 0.717) is 12.0 Å². The van der Waals surface area contributed by atoms with Crippen molar-refractivity contribution in [3.8, 4) is 6.07 Å². The highest BCUT2D eigenvalue weighted by Gasteiger charge is 2.25. The molecule has 0 aliphatic carbocycles. The first-order valence-corrected chi connectivity index (χ1v) is 9.06. The molecule has 2 rings (SSSR count). The van der Waals surface area contributed by atoms with E-state index in [-0.39, 0.29) is 17.2 Å². The van der Waals surface area contributed by atoms with Gasteiger partial charge in [-0.15, -0.1) is 0 Å². The second-order valence-corrected chi connectivity index (χ2v) is 6.50. The van der Waals surface area contributed by atoms with Gasteiger partial charge in [0.25, 0.3) is 5.91 Å². The number of carbonyl (C=O) groups excluding carboxylic acids is 3. The molecule has 0 bridgehead atoms. The second kappa shape index (κ2) is 10.0. The number of hydrogen-bond acceptors (Lipinski definition) is 8. The lowest BCUT2D eigenvalue weighted by atomic mass is 10.0. The number of nitriles is 1. The minimum Gasteiger partial charge on any atom is -0.465 e. The van der Waals surface area contributed by atoms with Crippen LogP contribution in [0.25, 0.3) is 0 Å². The molecule has 30 heavy (non-hydrogen) atoms. The smallest absolute Gasteiger partial charge is 0.337 e. The summed E-state index contributed by atoms with van der Waals surface area (Å²) in [6.45, 7) is 2.54. The predicted octanol–water partition coefficient (Wildman–Crippen LogP) is 1.85. The number of anilines is 2. The molecule has 1 aromatic heterocycles. The fourth-order valence-corrected chi connectivity index (χ4v) is 2.84. The molecule has 2 N–H and O–H groups in total. The van der Waals surface area contributed by atoms with Crippen molar-refractivity contribution in [1.29, 1.82) is 5.26 Å². The normalized spacial score (nSPS) is 11.1. The fourth-order valence-electron chi connectivity index (χ4n) is 2.84. The fraction of sp³-hybridized carbons (Fsp3) is 0.286. The molecule has 9 nitrogen and oxygen atoms in total. The van der Waals surface area contributed by atoms with E-state index in [9.17, 15) is 19.6 Å². The van der Waals surface area contributed by atoms with Crippen LogP contribution >= 0.6 is 0 Å². The standard InChI is InChI=1S/C21H22N4O5/c1-13(10-15-4-6-16(7-5-15)21(28)29-3)25(20(27)12-30-14(2)26)19-9-8-17(23)18(11-22)24-19/h4-9,13H,10,12,23H2,1-3H3. The molecule has 156 valence electrons. The Hall–Kier alpha value is -3.93. The van der Waals surface area contributed by atoms with E-state index in [4.69, 9.17) is 10.5 Å². The molecule has 0 saturated heterocycles. The van der Waals surface area contributed by atoms with Crippen LogP contribution in [0.2, 0.25) is 0 Å². The Bertz CT molecular complexity index is 982. The number of nitrogen functional groups attached to an aromatic ring is 1. The molecule has 9 heteroatoms. The van der Waals surface area contributed by atoms with Crippen LogP contribution < -0.4 is 10.6 Å². The first-order chi connectivity index (χ1) is 14.3. The largest absolute Gasteiger partial charge is 0.465 e. The summed E-state index contributed by atoms with van der Waals surface area (Å²) >= 11 is 0. The van der Waals surface area contributed by atoms with E-state index in [1.54, 1.807) is 31.2 Å². The Morgan fingerprint density at radius 2 is 1.87 bits per heavy atom. The SMILES string of the molecule is COC(=O)c1ccc(CC(C)N(C(=O)COC(C)=O)c2ccc(N)c(C#N)n2)cc1. The van der Waals surface area contributed by atoms with Crippen molar-refractivity contribution in [2.24, 2.45) is 0 Å². The maximum Gasteiger partial charge on any atom is 0.337 e. The molecule has 0 spiro atoms. The molecular weight excluding hydrogens is 388 g/mol. The van der Waals surface area contributed by atoms with Crippen LogP contribution in [-0.4, -0.2) is 42.6 Å². The number of ether oxygens (including phenoxy) is 2. The number of amides is 1. The first kappa shape index (κ1) is 22.4. The van der Waals surface area contributed by atoms with Crippen LogP contribution in [0, 0.1) is 11.3 Å². The highest BCUT2D eigenvalue weighted by molar-refractivity contribution is 5.95. The zero-order valence-corrected chi connectivity index (χ0v) is 16.9. The van der Waals surface area contributed by atoms with Crippen LogP contribution in [0.3, 0.4) is 0 Å². The average molecular weight is 410 g/mol. The van der Waals surface area contributed by atoms with Crippen LogP contribution in [0.15, 0.2) is 36.4 Å². The summed E-state index contributed by atoms with van der Waals surface area (Å²) < 4.78 is 9.53. The maximum absolute atomic E-state index is 12.8. The summed E-state index contributed by atoms with van der Waals surface area (Å²) in [6, 6.07) is 11.3. The number of nitrogens with two attached hydrogens (primary N) is 1. The number of benzene rings is 1. The van der Waals surface area contributed by atoms with E-state index in [2.05, 4.69) is 9.72 Å². The van der Waals surface area contributed by atoms with Gasteiger partial charge >= 0.3 is 11.9 Å². The predicted molar refractivity (Wildman–Crippen MR) is 108 cm³/mol. The number of rotatable bonds is 7. The summed E-state index contributed by atoms with van der Waals surface area (Å²) in [7, 11) is 1.31. The van der Waals surface area contributed by atoms with Gasteiger partial charge in [0.1, 0.15) is 11.9 Å². The van der Waals surface area contributed by atoms with Crippen molar-refractivity contribution < 1.29 is 23.9 Å². The van der Waals surface area contributed by atoms with E-state index in [1.165, 1.54) is 31.1 Å². The summed E-state index contributed by atoms with van der Waals surface area (Å²) in [5.41, 5.74) is 7.19. The Morgan fingerprint density at radius 1 is 1.20 bits per heavy atom. The first-order valence-electron chi connectivity index (χ1n) is 9.06. The molecule has 1 atom stereocenters. The van der Waals surface area contributed by atoms with E-state index >= 15 is 0 Å². The molecule has 0 fully saturated rings. The minimum absolute atomic E-state index is 0.00702. The topological polar surface area (TPSA) is 136 Å². The van der Waals surface area contributed by atoms with Gasteiger partial charge in [-0.25, -0.2) is 9.78 Å². The number of nitrogens with zero attached hydrogens (tertiary/aromatic N) is 3. The minimum atomic E-state index is -0.586. The number of hydrogen-bond donors (Lipinski definition) is 1. The van der Waals surface area contributed by atoms with E-state index < -0.39 is 30.5 Å². The lowest BCUT2D eigenvalue weighted by Gasteiger charge is -2.28. The lowest BCUT2D eigenvalue weighted by Crippen LogP contribution is -2.43. The highest BCUT2D eigenvalue weighted by Crippen LogP contribution is 2.21. The molecule has 2 aromatic rings. The van der Waals surface area contributed by atoms with Gasteiger partial charge in [0.05, 0.1) is 18.4 Å². The van der Waals surface area contributed by atoms with Crippen LogP contribution in [0.4, 0.5) is 11.5 Å². The van der Waals surface area contributed by atoms with Gasteiger partial charge in [-0.1, -0.05) is 12.1 Å². The third-order valence-electron chi connectivity index (χ3n) is 4.28. The molecule has 1 unspecified atom stereocenters. The molecule has 0 aliphatic rings. The lowest BCUT2D eigenvalue weighted by molar-refractivity contribution is -0.145. The monoisotopic (exact) mass is 410 g/mol. The zero-order chi connectivity index (χ0) is 22.3. The summed E-state index contributed by atoms with van der Waals surface area (Å²) in [5.74, 6) is -1.30. The Kier molecular flexibility index (Phi) is 7.47. The molecule has 1 aromatic carbocycles.